The highest BCUT2D eigenvalue weighted by Crippen LogP contribution is 2.36. The summed E-state index contributed by atoms with van der Waals surface area (Å²) < 4.78 is 10.9. The number of rotatable bonds is 2. The van der Waals surface area contributed by atoms with E-state index in [-0.39, 0.29) is 6.79 Å². The highest BCUT2D eigenvalue weighted by molar-refractivity contribution is 5.81. The summed E-state index contributed by atoms with van der Waals surface area (Å²) in [5.74, 6) is 1.60. The Balaban J connectivity index is 1.69. The summed E-state index contributed by atoms with van der Waals surface area (Å²) in [5, 5.41) is 1.15. The van der Waals surface area contributed by atoms with E-state index in [1.807, 2.05) is 54.6 Å². The first-order chi connectivity index (χ1) is 10.4. The molecule has 2 heterocycles. The number of nitrogens with zero attached hydrogens (tertiary/aromatic N) is 1. The molecule has 21 heavy (non-hydrogen) atoms. The molecule has 0 aliphatic carbocycles. The van der Waals surface area contributed by atoms with Crippen LogP contribution in [-0.2, 0) is 0 Å². The van der Waals surface area contributed by atoms with Crippen LogP contribution in [0.2, 0.25) is 0 Å². The average molecular weight is 275 g/mol. The molecule has 0 N–H and O–H groups in total. The summed E-state index contributed by atoms with van der Waals surface area (Å²) in [5.41, 5.74) is 2.92. The number of para-hydroxylation sites is 2. The zero-order chi connectivity index (χ0) is 14.1. The molecule has 2 aromatic carbocycles. The fourth-order valence-electron chi connectivity index (χ4n) is 2.43. The summed E-state index contributed by atoms with van der Waals surface area (Å²) in [7, 11) is 0. The summed E-state index contributed by atoms with van der Waals surface area (Å²) in [4.78, 5) is 4.62. The van der Waals surface area contributed by atoms with Crippen molar-refractivity contribution in [3.8, 4) is 11.5 Å². The van der Waals surface area contributed by atoms with Crippen LogP contribution in [-0.4, -0.2) is 11.8 Å². The van der Waals surface area contributed by atoms with E-state index >= 15 is 0 Å². The summed E-state index contributed by atoms with van der Waals surface area (Å²) in [6.45, 7) is 0.286. The second kappa shape index (κ2) is 4.94. The zero-order valence-corrected chi connectivity index (χ0v) is 11.3. The van der Waals surface area contributed by atoms with E-state index in [0.29, 0.717) is 0 Å². The largest absolute Gasteiger partial charge is 0.454 e. The predicted molar refractivity (Wildman–Crippen MR) is 83.2 cm³/mol. The van der Waals surface area contributed by atoms with Crippen molar-refractivity contribution in [3.05, 3.63) is 65.9 Å². The Labute approximate surface area is 122 Å². The average Bonchev–Trinajstić information content (AvgIpc) is 3.02. The minimum Gasteiger partial charge on any atom is -0.454 e. The first-order valence-corrected chi connectivity index (χ1v) is 6.83. The minimum absolute atomic E-state index is 0.286. The molecule has 0 bridgehead atoms. The lowest BCUT2D eigenvalue weighted by Gasteiger charge is -2.01. The lowest BCUT2D eigenvalue weighted by Crippen LogP contribution is -1.93. The van der Waals surface area contributed by atoms with Crippen molar-refractivity contribution in [2.24, 2.45) is 0 Å². The molecular formula is C18H13NO2. The van der Waals surface area contributed by atoms with Gasteiger partial charge < -0.3 is 9.47 Å². The predicted octanol–water partition coefficient (Wildman–Crippen LogP) is 4.13. The van der Waals surface area contributed by atoms with Crippen LogP contribution in [0.25, 0.3) is 23.1 Å². The standard InChI is InChI=1S/C18H13NO2/c1-2-6-16-13(4-1)8-10-15(19-16)11-9-14-5-3-7-17-18(14)21-12-20-17/h1-11H,12H2/b11-9+. The van der Waals surface area contributed by atoms with Gasteiger partial charge in [-0.2, -0.15) is 0 Å². The third kappa shape index (κ3) is 2.23. The van der Waals surface area contributed by atoms with Gasteiger partial charge in [-0.15, -0.1) is 0 Å². The Hall–Kier alpha value is -2.81. The number of pyridine rings is 1. The third-order valence-electron chi connectivity index (χ3n) is 3.48. The first kappa shape index (κ1) is 12.0. The Kier molecular flexibility index (Phi) is 2.82. The van der Waals surface area contributed by atoms with Crippen molar-refractivity contribution in [1.29, 1.82) is 0 Å². The van der Waals surface area contributed by atoms with E-state index in [9.17, 15) is 0 Å². The fourth-order valence-corrected chi connectivity index (χ4v) is 2.43. The van der Waals surface area contributed by atoms with Gasteiger partial charge in [0, 0.05) is 10.9 Å². The molecule has 0 fully saturated rings. The normalized spacial score (nSPS) is 13.1. The monoisotopic (exact) mass is 275 g/mol. The van der Waals surface area contributed by atoms with Crippen LogP contribution in [0.1, 0.15) is 11.3 Å². The zero-order valence-electron chi connectivity index (χ0n) is 11.3. The van der Waals surface area contributed by atoms with Gasteiger partial charge in [0.15, 0.2) is 11.5 Å². The molecule has 0 spiro atoms. The highest BCUT2D eigenvalue weighted by atomic mass is 16.7. The second-order valence-corrected chi connectivity index (χ2v) is 4.84. The molecule has 1 aromatic heterocycles. The highest BCUT2D eigenvalue weighted by Gasteiger charge is 2.15. The van der Waals surface area contributed by atoms with Crippen LogP contribution in [0.4, 0.5) is 0 Å². The van der Waals surface area contributed by atoms with E-state index < -0.39 is 0 Å². The maximum absolute atomic E-state index is 5.49. The summed E-state index contributed by atoms with van der Waals surface area (Å²) in [6.07, 6.45) is 3.99. The number of fused-ring (bicyclic) bond motifs is 2. The SMILES string of the molecule is C(=C\c1cccc2c1OCO2)/c1ccc2ccccc2n1. The molecule has 102 valence electrons. The van der Waals surface area contributed by atoms with Gasteiger partial charge in [-0.1, -0.05) is 36.4 Å². The Morgan fingerprint density at radius 2 is 1.81 bits per heavy atom. The lowest BCUT2D eigenvalue weighted by molar-refractivity contribution is 0.174. The van der Waals surface area contributed by atoms with Gasteiger partial charge in [0.25, 0.3) is 0 Å². The van der Waals surface area contributed by atoms with Gasteiger partial charge in [-0.3, -0.25) is 0 Å². The van der Waals surface area contributed by atoms with E-state index in [4.69, 9.17) is 9.47 Å². The van der Waals surface area contributed by atoms with Crippen molar-refractivity contribution in [3.63, 3.8) is 0 Å². The third-order valence-corrected chi connectivity index (χ3v) is 3.48. The fraction of sp³-hybridized carbons (Fsp3) is 0.0556. The molecule has 0 amide bonds. The Morgan fingerprint density at radius 1 is 0.857 bits per heavy atom. The second-order valence-electron chi connectivity index (χ2n) is 4.84. The Bertz CT molecular complexity index is 839. The molecule has 0 saturated carbocycles. The molecule has 3 heteroatoms. The van der Waals surface area contributed by atoms with Gasteiger partial charge in [-0.25, -0.2) is 4.98 Å². The van der Waals surface area contributed by atoms with E-state index in [0.717, 1.165) is 33.7 Å². The lowest BCUT2D eigenvalue weighted by atomic mass is 10.1. The van der Waals surface area contributed by atoms with Crippen LogP contribution in [0, 0.1) is 0 Å². The molecule has 0 unspecified atom stereocenters. The number of aromatic nitrogens is 1. The number of hydrogen-bond acceptors (Lipinski definition) is 3. The van der Waals surface area contributed by atoms with Crippen LogP contribution in [0.15, 0.2) is 54.6 Å². The Morgan fingerprint density at radius 3 is 2.81 bits per heavy atom. The van der Waals surface area contributed by atoms with Gasteiger partial charge in [-0.05, 0) is 30.4 Å². The van der Waals surface area contributed by atoms with E-state index in [1.165, 1.54) is 0 Å². The molecule has 3 aromatic rings. The van der Waals surface area contributed by atoms with Gasteiger partial charge in [0.2, 0.25) is 6.79 Å². The first-order valence-electron chi connectivity index (χ1n) is 6.83. The van der Waals surface area contributed by atoms with Gasteiger partial charge >= 0.3 is 0 Å². The maximum Gasteiger partial charge on any atom is 0.231 e. The van der Waals surface area contributed by atoms with Gasteiger partial charge in [0.1, 0.15) is 0 Å². The maximum atomic E-state index is 5.49. The van der Waals surface area contributed by atoms with Crippen molar-refractivity contribution < 1.29 is 9.47 Å². The van der Waals surface area contributed by atoms with Crippen LogP contribution < -0.4 is 9.47 Å². The molecular weight excluding hydrogens is 262 g/mol. The molecule has 0 radical (unpaired) electrons. The number of hydrogen-bond donors (Lipinski definition) is 0. The van der Waals surface area contributed by atoms with Crippen LogP contribution in [0.5, 0.6) is 11.5 Å². The molecule has 1 aliphatic rings. The number of ether oxygens (including phenoxy) is 2. The van der Waals surface area contributed by atoms with Crippen molar-refractivity contribution in [2.45, 2.75) is 0 Å². The van der Waals surface area contributed by atoms with Crippen molar-refractivity contribution in [2.75, 3.05) is 6.79 Å². The van der Waals surface area contributed by atoms with Gasteiger partial charge in [0.05, 0.1) is 11.2 Å². The van der Waals surface area contributed by atoms with Crippen LogP contribution in [0.3, 0.4) is 0 Å². The summed E-state index contributed by atoms with van der Waals surface area (Å²) in [6, 6.07) is 18.1. The molecule has 4 rings (SSSR count). The quantitative estimate of drug-likeness (QED) is 0.704. The smallest absolute Gasteiger partial charge is 0.231 e. The molecule has 1 aliphatic heterocycles. The van der Waals surface area contributed by atoms with Crippen LogP contribution >= 0.6 is 0 Å². The summed E-state index contributed by atoms with van der Waals surface area (Å²) >= 11 is 0. The minimum atomic E-state index is 0.286. The number of benzene rings is 2. The van der Waals surface area contributed by atoms with Crippen molar-refractivity contribution in [1.82, 2.24) is 4.98 Å². The van der Waals surface area contributed by atoms with E-state index in [1.54, 1.807) is 0 Å². The molecule has 0 saturated heterocycles. The molecule has 3 nitrogen and oxygen atoms in total. The molecule has 0 atom stereocenters. The van der Waals surface area contributed by atoms with Crippen molar-refractivity contribution >= 4 is 23.1 Å². The topological polar surface area (TPSA) is 31.4 Å². The van der Waals surface area contributed by atoms with E-state index in [2.05, 4.69) is 17.1 Å².